The normalized spacial score (nSPS) is 12.2. The van der Waals surface area contributed by atoms with Crippen molar-refractivity contribution in [3.05, 3.63) is 48.0 Å². The number of hydrogen-bond donors (Lipinski definition) is 2. The van der Waals surface area contributed by atoms with Gasteiger partial charge in [0, 0.05) is 31.8 Å². The summed E-state index contributed by atoms with van der Waals surface area (Å²) >= 11 is 0. The van der Waals surface area contributed by atoms with E-state index < -0.39 is 6.10 Å². The molecule has 106 valence electrons. The molecule has 0 aliphatic rings. The standard InChI is InChI=1S/C15H19N3O2/c1-11(19)13-4-3-5-15(8-13)18-9-14(17-10-18)6-7-16-12(2)20/h3-5,8-11,19H,6-7H2,1-2H3,(H,16,20). The van der Waals surface area contributed by atoms with E-state index in [1.165, 1.54) is 6.92 Å². The monoisotopic (exact) mass is 273 g/mol. The molecular weight excluding hydrogens is 254 g/mol. The fraction of sp³-hybridized carbons (Fsp3) is 0.333. The summed E-state index contributed by atoms with van der Waals surface area (Å²) in [4.78, 5) is 15.1. The summed E-state index contributed by atoms with van der Waals surface area (Å²) < 4.78 is 1.91. The second-order valence-corrected chi connectivity index (χ2v) is 4.78. The van der Waals surface area contributed by atoms with E-state index >= 15 is 0 Å². The summed E-state index contributed by atoms with van der Waals surface area (Å²) in [5.41, 5.74) is 2.75. The molecular formula is C15H19N3O2. The van der Waals surface area contributed by atoms with Crippen LogP contribution in [0.4, 0.5) is 0 Å². The Morgan fingerprint density at radius 3 is 3.00 bits per heavy atom. The second-order valence-electron chi connectivity index (χ2n) is 4.78. The summed E-state index contributed by atoms with van der Waals surface area (Å²) in [7, 11) is 0. The molecule has 2 rings (SSSR count). The quantitative estimate of drug-likeness (QED) is 0.869. The van der Waals surface area contributed by atoms with E-state index in [1.54, 1.807) is 13.3 Å². The fourth-order valence-electron chi connectivity index (χ4n) is 1.95. The average molecular weight is 273 g/mol. The van der Waals surface area contributed by atoms with Gasteiger partial charge in [-0.3, -0.25) is 4.79 Å². The Morgan fingerprint density at radius 1 is 1.50 bits per heavy atom. The first-order valence-electron chi connectivity index (χ1n) is 6.62. The predicted octanol–water partition coefficient (Wildman–Crippen LogP) is 1.60. The van der Waals surface area contributed by atoms with Crippen molar-refractivity contribution in [2.24, 2.45) is 0 Å². The Morgan fingerprint density at radius 2 is 2.30 bits per heavy atom. The molecule has 1 aromatic heterocycles. The van der Waals surface area contributed by atoms with Gasteiger partial charge < -0.3 is 15.0 Å². The van der Waals surface area contributed by atoms with Crippen LogP contribution in [0.3, 0.4) is 0 Å². The molecule has 0 fully saturated rings. The van der Waals surface area contributed by atoms with Crippen LogP contribution in [-0.2, 0) is 11.2 Å². The summed E-state index contributed by atoms with van der Waals surface area (Å²) in [6.07, 6.45) is 3.88. The molecule has 1 atom stereocenters. The SMILES string of the molecule is CC(=O)NCCc1cn(-c2cccc(C(C)O)c2)cn1. The lowest BCUT2D eigenvalue weighted by Crippen LogP contribution is -2.22. The van der Waals surface area contributed by atoms with Crippen molar-refractivity contribution in [3.63, 3.8) is 0 Å². The minimum absolute atomic E-state index is 0.0333. The molecule has 5 heteroatoms. The van der Waals surface area contributed by atoms with Gasteiger partial charge in [-0.1, -0.05) is 12.1 Å². The zero-order valence-corrected chi connectivity index (χ0v) is 11.7. The Balaban J connectivity index is 2.08. The number of rotatable bonds is 5. The van der Waals surface area contributed by atoms with Gasteiger partial charge in [-0.25, -0.2) is 4.98 Å². The number of aliphatic hydroxyl groups excluding tert-OH is 1. The first-order chi connectivity index (χ1) is 9.56. The molecule has 0 aliphatic carbocycles. The van der Waals surface area contributed by atoms with Crippen LogP contribution in [0.5, 0.6) is 0 Å². The number of aromatic nitrogens is 2. The van der Waals surface area contributed by atoms with Gasteiger partial charge >= 0.3 is 0 Å². The minimum atomic E-state index is -0.488. The topological polar surface area (TPSA) is 67.2 Å². The lowest BCUT2D eigenvalue weighted by molar-refractivity contribution is -0.118. The maximum atomic E-state index is 10.8. The molecule has 0 radical (unpaired) electrons. The van der Waals surface area contributed by atoms with E-state index in [0.29, 0.717) is 13.0 Å². The summed E-state index contributed by atoms with van der Waals surface area (Å²) in [5.74, 6) is -0.0333. The number of nitrogens with one attached hydrogen (secondary N) is 1. The van der Waals surface area contributed by atoms with Crippen molar-refractivity contribution < 1.29 is 9.90 Å². The smallest absolute Gasteiger partial charge is 0.216 e. The first kappa shape index (κ1) is 14.3. The third-order valence-electron chi connectivity index (χ3n) is 3.04. The lowest BCUT2D eigenvalue weighted by atomic mass is 10.1. The molecule has 2 N–H and O–H groups in total. The highest BCUT2D eigenvalue weighted by molar-refractivity contribution is 5.72. The van der Waals surface area contributed by atoms with Crippen LogP contribution < -0.4 is 5.32 Å². The molecule has 0 spiro atoms. The fourth-order valence-corrected chi connectivity index (χ4v) is 1.95. The minimum Gasteiger partial charge on any atom is -0.389 e. The third kappa shape index (κ3) is 3.68. The molecule has 0 aliphatic heterocycles. The zero-order chi connectivity index (χ0) is 14.5. The van der Waals surface area contributed by atoms with Crippen LogP contribution in [0, 0.1) is 0 Å². The zero-order valence-electron chi connectivity index (χ0n) is 11.7. The molecule has 0 saturated carbocycles. The van der Waals surface area contributed by atoms with E-state index in [4.69, 9.17) is 0 Å². The largest absolute Gasteiger partial charge is 0.389 e. The maximum absolute atomic E-state index is 10.8. The van der Waals surface area contributed by atoms with Gasteiger partial charge in [0.15, 0.2) is 0 Å². The van der Waals surface area contributed by atoms with E-state index in [-0.39, 0.29) is 5.91 Å². The Bertz CT molecular complexity index is 590. The van der Waals surface area contributed by atoms with Crippen molar-refractivity contribution in [2.45, 2.75) is 26.4 Å². The number of imidazole rings is 1. The molecule has 1 aromatic carbocycles. The maximum Gasteiger partial charge on any atom is 0.216 e. The van der Waals surface area contributed by atoms with Crippen molar-refractivity contribution in [2.75, 3.05) is 6.54 Å². The summed E-state index contributed by atoms with van der Waals surface area (Å²) in [6.45, 7) is 3.83. The highest BCUT2D eigenvalue weighted by Crippen LogP contribution is 2.16. The molecule has 1 unspecified atom stereocenters. The number of benzene rings is 1. The Kier molecular flexibility index (Phi) is 4.53. The number of carbonyl (C=O) groups excluding carboxylic acids is 1. The number of hydrogen-bond acceptors (Lipinski definition) is 3. The van der Waals surface area contributed by atoms with E-state index in [9.17, 15) is 9.90 Å². The van der Waals surface area contributed by atoms with E-state index in [0.717, 1.165) is 16.9 Å². The highest BCUT2D eigenvalue weighted by Gasteiger charge is 2.05. The van der Waals surface area contributed by atoms with Crippen LogP contribution >= 0.6 is 0 Å². The average Bonchev–Trinajstić information content (AvgIpc) is 2.87. The second kappa shape index (κ2) is 6.34. The lowest BCUT2D eigenvalue weighted by Gasteiger charge is -2.07. The van der Waals surface area contributed by atoms with Gasteiger partial charge in [0.25, 0.3) is 0 Å². The van der Waals surface area contributed by atoms with Gasteiger partial charge in [-0.2, -0.15) is 0 Å². The van der Waals surface area contributed by atoms with Gasteiger partial charge in [0.2, 0.25) is 5.91 Å². The van der Waals surface area contributed by atoms with Crippen LogP contribution in [0.15, 0.2) is 36.8 Å². The van der Waals surface area contributed by atoms with Crippen molar-refractivity contribution in [3.8, 4) is 5.69 Å². The predicted molar refractivity (Wildman–Crippen MR) is 76.6 cm³/mol. The number of aliphatic hydroxyl groups is 1. The first-order valence-corrected chi connectivity index (χ1v) is 6.62. The van der Waals surface area contributed by atoms with Gasteiger partial charge in [-0.15, -0.1) is 0 Å². The van der Waals surface area contributed by atoms with Crippen LogP contribution in [0.2, 0.25) is 0 Å². The third-order valence-corrected chi connectivity index (χ3v) is 3.04. The van der Waals surface area contributed by atoms with Gasteiger partial charge in [0.1, 0.15) is 0 Å². The Hall–Kier alpha value is -2.14. The number of carbonyl (C=O) groups is 1. The van der Waals surface area contributed by atoms with Crippen LogP contribution in [0.25, 0.3) is 5.69 Å². The van der Waals surface area contributed by atoms with Gasteiger partial charge in [0.05, 0.1) is 18.1 Å². The molecule has 1 heterocycles. The van der Waals surface area contributed by atoms with Crippen molar-refractivity contribution in [1.29, 1.82) is 0 Å². The van der Waals surface area contributed by atoms with Crippen LogP contribution in [-0.4, -0.2) is 27.1 Å². The number of amides is 1. The molecule has 2 aromatic rings. The van der Waals surface area contributed by atoms with Crippen LogP contribution in [0.1, 0.15) is 31.2 Å². The Labute approximate surface area is 118 Å². The summed E-state index contributed by atoms with van der Waals surface area (Å²) in [5, 5.41) is 12.3. The molecule has 0 bridgehead atoms. The number of nitrogens with zero attached hydrogens (tertiary/aromatic N) is 2. The van der Waals surface area contributed by atoms with Gasteiger partial charge in [-0.05, 0) is 24.6 Å². The van der Waals surface area contributed by atoms with E-state index in [2.05, 4.69) is 10.3 Å². The molecule has 20 heavy (non-hydrogen) atoms. The van der Waals surface area contributed by atoms with Crippen molar-refractivity contribution >= 4 is 5.91 Å². The highest BCUT2D eigenvalue weighted by atomic mass is 16.3. The molecule has 0 saturated heterocycles. The molecule has 1 amide bonds. The molecule has 5 nitrogen and oxygen atoms in total. The van der Waals surface area contributed by atoms with Crippen molar-refractivity contribution in [1.82, 2.24) is 14.9 Å². The van der Waals surface area contributed by atoms with E-state index in [1.807, 2.05) is 35.0 Å². The summed E-state index contributed by atoms with van der Waals surface area (Å²) in [6, 6.07) is 7.70.